The van der Waals surface area contributed by atoms with E-state index in [1.54, 1.807) is 6.92 Å². The fourth-order valence-corrected chi connectivity index (χ4v) is 2.50. The van der Waals surface area contributed by atoms with Gasteiger partial charge >= 0.3 is 5.97 Å². The lowest BCUT2D eigenvalue weighted by Crippen LogP contribution is -1.95. The quantitative estimate of drug-likeness (QED) is 0.736. The maximum atomic E-state index is 10.8. The van der Waals surface area contributed by atoms with Gasteiger partial charge in [-0.25, -0.2) is 9.78 Å². The van der Waals surface area contributed by atoms with E-state index in [0.717, 1.165) is 5.56 Å². The smallest absolute Gasteiger partial charge is 0.355 e. The fraction of sp³-hybridized carbons (Fsp3) is 0.0625. The van der Waals surface area contributed by atoms with Crippen molar-refractivity contribution in [3.05, 3.63) is 57.7 Å². The zero-order valence-corrected chi connectivity index (χ0v) is 12.3. The van der Waals surface area contributed by atoms with Crippen LogP contribution in [0.5, 0.6) is 0 Å². The molecule has 6 heteroatoms. The standard InChI is InChI=1S/C16H10N2O3S/c1-10-12(7-8-14-17-13(9-22-14)16(19)20)15(18-21-10)11-5-3-2-4-6-11/h2-6,9H,1H3,(H,19,20). The lowest BCUT2D eigenvalue weighted by Gasteiger charge is -1.95. The lowest BCUT2D eigenvalue weighted by molar-refractivity contribution is 0.0691. The molecule has 3 rings (SSSR count). The van der Waals surface area contributed by atoms with Crippen LogP contribution in [0.25, 0.3) is 11.3 Å². The van der Waals surface area contributed by atoms with Crippen LogP contribution >= 0.6 is 11.3 Å². The molecule has 0 unspecified atom stereocenters. The monoisotopic (exact) mass is 310 g/mol. The summed E-state index contributed by atoms with van der Waals surface area (Å²) >= 11 is 1.19. The molecule has 0 aliphatic heterocycles. The van der Waals surface area contributed by atoms with Crippen molar-refractivity contribution in [2.45, 2.75) is 6.92 Å². The second-order valence-corrected chi connectivity index (χ2v) is 5.28. The Balaban J connectivity index is 1.98. The van der Waals surface area contributed by atoms with Gasteiger partial charge in [-0.15, -0.1) is 11.3 Å². The highest BCUT2D eigenvalue weighted by molar-refractivity contribution is 7.10. The topological polar surface area (TPSA) is 76.2 Å². The normalized spacial score (nSPS) is 10.0. The fourth-order valence-electron chi connectivity index (χ4n) is 1.86. The Bertz CT molecular complexity index is 885. The average Bonchev–Trinajstić information content (AvgIpc) is 3.13. The van der Waals surface area contributed by atoms with Crippen LogP contribution in [0, 0.1) is 18.8 Å². The van der Waals surface area contributed by atoms with Gasteiger partial charge < -0.3 is 9.63 Å². The average molecular weight is 310 g/mol. The number of aromatic nitrogens is 2. The third-order valence-electron chi connectivity index (χ3n) is 2.93. The third-order valence-corrected chi connectivity index (χ3v) is 3.69. The zero-order valence-electron chi connectivity index (χ0n) is 11.5. The molecule has 0 radical (unpaired) electrons. The number of carboxylic acid groups (broad SMARTS) is 1. The first-order valence-corrected chi connectivity index (χ1v) is 7.25. The molecule has 0 aliphatic carbocycles. The van der Waals surface area contributed by atoms with E-state index in [9.17, 15) is 4.79 Å². The van der Waals surface area contributed by atoms with Crippen LogP contribution < -0.4 is 0 Å². The molecule has 3 aromatic rings. The first kappa shape index (κ1) is 14.0. The molecule has 0 amide bonds. The number of hydrogen-bond donors (Lipinski definition) is 1. The Morgan fingerprint density at radius 1 is 1.27 bits per heavy atom. The molecule has 5 nitrogen and oxygen atoms in total. The summed E-state index contributed by atoms with van der Waals surface area (Å²) in [5.74, 6) is 5.40. The molecule has 1 N–H and O–H groups in total. The van der Waals surface area contributed by atoms with E-state index >= 15 is 0 Å². The molecule has 2 heterocycles. The van der Waals surface area contributed by atoms with Gasteiger partial charge in [-0.1, -0.05) is 41.4 Å². The highest BCUT2D eigenvalue weighted by Gasteiger charge is 2.13. The van der Waals surface area contributed by atoms with E-state index in [2.05, 4.69) is 22.0 Å². The van der Waals surface area contributed by atoms with E-state index in [0.29, 0.717) is 22.0 Å². The zero-order chi connectivity index (χ0) is 15.5. The second kappa shape index (κ2) is 5.84. The molecule has 108 valence electrons. The number of hydrogen-bond acceptors (Lipinski definition) is 5. The van der Waals surface area contributed by atoms with Crippen molar-refractivity contribution in [3.8, 4) is 23.1 Å². The summed E-state index contributed by atoms with van der Waals surface area (Å²) in [6, 6.07) is 9.60. The van der Waals surface area contributed by atoms with E-state index in [1.807, 2.05) is 30.3 Å². The predicted molar refractivity (Wildman–Crippen MR) is 81.7 cm³/mol. The number of aromatic carboxylic acids is 1. The molecule has 0 aliphatic rings. The first-order chi connectivity index (χ1) is 10.6. The molecule has 0 fully saturated rings. The molecule has 0 atom stereocenters. The number of carboxylic acids is 1. The molecular formula is C16H10N2O3S. The van der Waals surface area contributed by atoms with E-state index in [1.165, 1.54) is 16.7 Å². The largest absolute Gasteiger partial charge is 0.476 e. The minimum Gasteiger partial charge on any atom is -0.476 e. The van der Waals surface area contributed by atoms with Crippen LogP contribution in [0.3, 0.4) is 0 Å². The van der Waals surface area contributed by atoms with E-state index in [-0.39, 0.29) is 5.69 Å². The van der Waals surface area contributed by atoms with E-state index < -0.39 is 5.97 Å². The number of carbonyl (C=O) groups is 1. The second-order valence-electron chi connectivity index (χ2n) is 4.42. The number of rotatable bonds is 2. The summed E-state index contributed by atoms with van der Waals surface area (Å²) in [7, 11) is 0. The van der Waals surface area contributed by atoms with Crippen molar-refractivity contribution < 1.29 is 14.4 Å². The van der Waals surface area contributed by atoms with Gasteiger partial charge in [0.15, 0.2) is 10.7 Å². The summed E-state index contributed by atoms with van der Waals surface area (Å²) in [5.41, 5.74) is 2.26. The summed E-state index contributed by atoms with van der Waals surface area (Å²) in [5, 5.41) is 14.8. The number of aryl methyl sites for hydroxylation is 1. The van der Waals surface area contributed by atoms with E-state index in [4.69, 9.17) is 9.63 Å². The Morgan fingerprint density at radius 2 is 2.05 bits per heavy atom. The highest BCUT2D eigenvalue weighted by atomic mass is 32.1. The first-order valence-electron chi connectivity index (χ1n) is 6.37. The van der Waals surface area contributed by atoms with Gasteiger partial charge in [0.25, 0.3) is 0 Å². The van der Waals surface area contributed by atoms with Crippen LogP contribution in [-0.4, -0.2) is 21.2 Å². The predicted octanol–water partition coefficient (Wildman–Crippen LogP) is 3.20. The summed E-state index contributed by atoms with van der Waals surface area (Å²) in [4.78, 5) is 14.7. The van der Waals surface area contributed by atoms with Crippen molar-refractivity contribution in [2.75, 3.05) is 0 Å². The maximum absolute atomic E-state index is 10.8. The van der Waals surface area contributed by atoms with Gasteiger partial charge in [0.1, 0.15) is 11.5 Å². The van der Waals surface area contributed by atoms with Crippen LogP contribution in [-0.2, 0) is 0 Å². The van der Waals surface area contributed by atoms with Crippen molar-refractivity contribution in [1.82, 2.24) is 10.1 Å². The van der Waals surface area contributed by atoms with Crippen LogP contribution in [0.15, 0.2) is 40.2 Å². The Hall–Kier alpha value is -2.91. The van der Waals surface area contributed by atoms with Gasteiger partial charge in [0.2, 0.25) is 0 Å². The number of nitrogens with zero attached hydrogens (tertiary/aromatic N) is 2. The number of thiazole rings is 1. The van der Waals surface area contributed by atoms with Gasteiger partial charge in [0, 0.05) is 10.9 Å². The van der Waals surface area contributed by atoms with Crippen LogP contribution in [0.4, 0.5) is 0 Å². The molecular weight excluding hydrogens is 300 g/mol. The maximum Gasteiger partial charge on any atom is 0.355 e. The summed E-state index contributed by atoms with van der Waals surface area (Å²) in [6.45, 7) is 1.79. The number of benzene rings is 1. The molecule has 0 spiro atoms. The van der Waals surface area contributed by atoms with Gasteiger partial charge in [-0.3, -0.25) is 0 Å². The minimum atomic E-state index is -1.06. The molecule has 22 heavy (non-hydrogen) atoms. The van der Waals surface area contributed by atoms with Gasteiger partial charge in [0.05, 0.1) is 5.56 Å². The van der Waals surface area contributed by atoms with Gasteiger partial charge in [-0.05, 0) is 12.8 Å². The summed E-state index contributed by atoms with van der Waals surface area (Å²) < 4.78 is 5.22. The van der Waals surface area contributed by atoms with Crippen LogP contribution in [0.2, 0.25) is 0 Å². The third kappa shape index (κ3) is 2.75. The Morgan fingerprint density at radius 3 is 2.73 bits per heavy atom. The minimum absolute atomic E-state index is 0.000349. The van der Waals surface area contributed by atoms with Crippen molar-refractivity contribution in [3.63, 3.8) is 0 Å². The van der Waals surface area contributed by atoms with Crippen molar-refractivity contribution in [2.24, 2.45) is 0 Å². The molecule has 1 aromatic carbocycles. The van der Waals surface area contributed by atoms with Crippen molar-refractivity contribution >= 4 is 17.3 Å². The molecule has 0 saturated heterocycles. The molecule has 2 aromatic heterocycles. The molecule has 0 bridgehead atoms. The Kier molecular flexibility index (Phi) is 3.73. The van der Waals surface area contributed by atoms with Crippen molar-refractivity contribution in [1.29, 1.82) is 0 Å². The highest BCUT2D eigenvalue weighted by Crippen LogP contribution is 2.24. The van der Waals surface area contributed by atoms with Crippen LogP contribution in [0.1, 0.15) is 26.8 Å². The SMILES string of the molecule is Cc1onc(-c2ccccc2)c1C#Cc1nc(C(=O)O)cs1. The summed E-state index contributed by atoms with van der Waals surface area (Å²) in [6.07, 6.45) is 0. The Labute approximate surface area is 130 Å². The lowest BCUT2D eigenvalue weighted by atomic mass is 10.1. The van der Waals surface area contributed by atoms with Gasteiger partial charge in [-0.2, -0.15) is 0 Å². The molecule has 0 saturated carbocycles.